The molecule has 1 aliphatic rings. The molecule has 1 amide bonds. The third kappa shape index (κ3) is 3.20. The molecule has 7 heteroatoms. The van der Waals surface area contributed by atoms with Gasteiger partial charge in [0.05, 0.1) is 22.3 Å². The SMILES string of the molecule is Cc1cc(-c2cc(C(=O)N3CCCC(C(C)N)C3)c3c(C)noc3n2)c(C)o1. The molecule has 148 valence electrons. The molecule has 1 fully saturated rings. The molecule has 0 spiro atoms. The highest BCUT2D eigenvalue weighted by Crippen LogP contribution is 2.32. The van der Waals surface area contributed by atoms with Crippen molar-refractivity contribution in [2.75, 3.05) is 13.1 Å². The zero-order valence-electron chi connectivity index (χ0n) is 16.8. The summed E-state index contributed by atoms with van der Waals surface area (Å²) in [6.07, 6.45) is 2.01. The number of furan rings is 1. The summed E-state index contributed by atoms with van der Waals surface area (Å²) in [6, 6.07) is 3.83. The number of nitrogens with zero attached hydrogens (tertiary/aromatic N) is 3. The van der Waals surface area contributed by atoms with Crippen LogP contribution in [0.25, 0.3) is 22.4 Å². The summed E-state index contributed by atoms with van der Waals surface area (Å²) in [5, 5.41) is 4.71. The van der Waals surface area contributed by atoms with Crippen LogP contribution < -0.4 is 5.73 Å². The largest absolute Gasteiger partial charge is 0.466 e. The van der Waals surface area contributed by atoms with E-state index in [0.717, 1.165) is 36.5 Å². The molecular formula is C21H26N4O3. The van der Waals surface area contributed by atoms with Crippen molar-refractivity contribution in [2.24, 2.45) is 11.7 Å². The summed E-state index contributed by atoms with van der Waals surface area (Å²) in [6.45, 7) is 9.02. The van der Waals surface area contributed by atoms with E-state index in [2.05, 4.69) is 10.1 Å². The van der Waals surface area contributed by atoms with Crippen molar-refractivity contribution < 1.29 is 13.7 Å². The molecule has 2 N–H and O–H groups in total. The lowest BCUT2D eigenvalue weighted by atomic mass is 9.91. The van der Waals surface area contributed by atoms with Crippen LogP contribution in [-0.4, -0.2) is 40.1 Å². The minimum atomic E-state index is -0.0248. The molecule has 0 bridgehead atoms. The normalized spacial score (nSPS) is 18.6. The number of hydrogen-bond acceptors (Lipinski definition) is 6. The van der Waals surface area contributed by atoms with Gasteiger partial charge in [-0.05, 0) is 58.6 Å². The van der Waals surface area contributed by atoms with Crippen LogP contribution >= 0.6 is 0 Å². The minimum absolute atomic E-state index is 0.0248. The summed E-state index contributed by atoms with van der Waals surface area (Å²) in [5.74, 6) is 1.85. The number of likely N-dealkylation sites (tertiary alicyclic amines) is 1. The highest BCUT2D eigenvalue weighted by molar-refractivity contribution is 6.07. The third-order valence-electron chi connectivity index (χ3n) is 5.65. The Labute approximate surface area is 163 Å². The summed E-state index contributed by atoms with van der Waals surface area (Å²) >= 11 is 0. The van der Waals surface area contributed by atoms with Crippen molar-refractivity contribution in [3.63, 3.8) is 0 Å². The number of aryl methyl sites for hydroxylation is 3. The second kappa shape index (κ2) is 7.05. The van der Waals surface area contributed by atoms with E-state index in [-0.39, 0.29) is 11.9 Å². The van der Waals surface area contributed by atoms with Crippen molar-refractivity contribution in [3.05, 3.63) is 34.9 Å². The fourth-order valence-electron chi connectivity index (χ4n) is 4.08. The molecule has 1 saturated heterocycles. The second-order valence-electron chi connectivity index (χ2n) is 7.84. The van der Waals surface area contributed by atoms with Crippen LogP contribution in [0.2, 0.25) is 0 Å². The van der Waals surface area contributed by atoms with Gasteiger partial charge in [-0.15, -0.1) is 0 Å². The molecule has 2 unspecified atom stereocenters. The van der Waals surface area contributed by atoms with Gasteiger partial charge in [0.1, 0.15) is 11.5 Å². The predicted molar refractivity (Wildman–Crippen MR) is 106 cm³/mol. The second-order valence-corrected chi connectivity index (χ2v) is 7.84. The van der Waals surface area contributed by atoms with Crippen LogP contribution in [0.4, 0.5) is 0 Å². The van der Waals surface area contributed by atoms with E-state index in [0.29, 0.717) is 40.5 Å². The number of hydrogen-bond donors (Lipinski definition) is 1. The molecule has 0 aliphatic carbocycles. The van der Waals surface area contributed by atoms with E-state index in [4.69, 9.17) is 14.7 Å². The Morgan fingerprint density at radius 2 is 2.11 bits per heavy atom. The van der Waals surface area contributed by atoms with Crippen molar-refractivity contribution in [2.45, 2.75) is 46.6 Å². The van der Waals surface area contributed by atoms with Crippen molar-refractivity contribution in [1.29, 1.82) is 0 Å². The number of carbonyl (C=O) groups excluding carboxylic acids is 1. The van der Waals surface area contributed by atoms with E-state index in [9.17, 15) is 4.79 Å². The first kappa shape index (κ1) is 18.7. The maximum absolute atomic E-state index is 13.5. The lowest BCUT2D eigenvalue weighted by Crippen LogP contribution is -2.45. The summed E-state index contributed by atoms with van der Waals surface area (Å²) in [4.78, 5) is 20.0. The summed E-state index contributed by atoms with van der Waals surface area (Å²) < 4.78 is 11.1. The standard InChI is InChI=1S/C21H26N4O3/c1-11-8-16(14(4)27-11)18-9-17(19-13(3)24-28-20(19)23-18)21(26)25-7-5-6-15(10-25)12(2)22/h8-9,12,15H,5-7,10,22H2,1-4H3. The van der Waals surface area contributed by atoms with E-state index in [1.165, 1.54) is 0 Å². The summed E-state index contributed by atoms with van der Waals surface area (Å²) in [7, 11) is 0. The van der Waals surface area contributed by atoms with Crippen molar-refractivity contribution >= 4 is 17.0 Å². The lowest BCUT2D eigenvalue weighted by molar-refractivity contribution is 0.0663. The first-order valence-electron chi connectivity index (χ1n) is 9.74. The summed E-state index contributed by atoms with van der Waals surface area (Å²) in [5.41, 5.74) is 9.22. The minimum Gasteiger partial charge on any atom is -0.466 e. The number of aromatic nitrogens is 2. The van der Waals surface area contributed by atoms with Crippen molar-refractivity contribution in [1.82, 2.24) is 15.0 Å². The molecule has 2 atom stereocenters. The Morgan fingerprint density at radius 3 is 2.79 bits per heavy atom. The fourth-order valence-corrected chi connectivity index (χ4v) is 4.08. The molecular weight excluding hydrogens is 356 g/mol. The Morgan fingerprint density at radius 1 is 1.32 bits per heavy atom. The molecule has 3 aromatic heterocycles. The van der Waals surface area contributed by atoms with E-state index < -0.39 is 0 Å². The average Bonchev–Trinajstić information content (AvgIpc) is 3.22. The molecule has 0 radical (unpaired) electrons. The Hall–Kier alpha value is -2.67. The van der Waals surface area contributed by atoms with Gasteiger partial charge in [-0.2, -0.15) is 0 Å². The average molecular weight is 382 g/mol. The van der Waals surface area contributed by atoms with Crippen LogP contribution in [0.15, 0.2) is 21.1 Å². The van der Waals surface area contributed by atoms with Crippen LogP contribution in [0.3, 0.4) is 0 Å². The highest BCUT2D eigenvalue weighted by atomic mass is 16.5. The van der Waals surface area contributed by atoms with Crippen LogP contribution in [0.1, 0.15) is 47.3 Å². The molecule has 3 aromatic rings. The lowest BCUT2D eigenvalue weighted by Gasteiger charge is -2.34. The molecule has 28 heavy (non-hydrogen) atoms. The number of rotatable bonds is 3. The van der Waals surface area contributed by atoms with Gasteiger partial charge in [0.25, 0.3) is 11.6 Å². The van der Waals surface area contributed by atoms with E-state index in [1.54, 1.807) is 0 Å². The number of carbonyl (C=O) groups is 1. The quantitative estimate of drug-likeness (QED) is 0.743. The van der Waals surface area contributed by atoms with Gasteiger partial charge in [-0.1, -0.05) is 5.16 Å². The number of amides is 1. The zero-order valence-corrected chi connectivity index (χ0v) is 16.8. The number of pyridine rings is 1. The van der Waals surface area contributed by atoms with Gasteiger partial charge in [-0.3, -0.25) is 4.79 Å². The smallest absolute Gasteiger partial charge is 0.259 e. The molecule has 7 nitrogen and oxygen atoms in total. The van der Waals surface area contributed by atoms with Gasteiger partial charge in [-0.25, -0.2) is 4.98 Å². The van der Waals surface area contributed by atoms with Crippen LogP contribution in [0, 0.1) is 26.7 Å². The molecule has 1 aliphatic heterocycles. The first-order chi connectivity index (χ1) is 13.3. The van der Waals surface area contributed by atoms with E-state index >= 15 is 0 Å². The Balaban J connectivity index is 1.80. The number of nitrogens with two attached hydrogens (primary N) is 1. The van der Waals surface area contributed by atoms with Gasteiger partial charge in [0.15, 0.2) is 0 Å². The topological polar surface area (TPSA) is 98.4 Å². The Kier molecular flexibility index (Phi) is 4.71. The number of piperidine rings is 1. The fraction of sp³-hybridized carbons (Fsp3) is 0.476. The maximum atomic E-state index is 13.5. The van der Waals surface area contributed by atoms with Gasteiger partial charge >= 0.3 is 0 Å². The third-order valence-corrected chi connectivity index (χ3v) is 5.65. The predicted octanol–water partition coefficient (Wildman–Crippen LogP) is 3.61. The highest BCUT2D eigenvalue weighted by Gasteiger charge is 2.29. The molecule has 0 saturated carbocycles. The van der Waals surface area contributed by atoms with Crippen molar-refractivity contribution in [3.8, 4) is 11.3 Å². The van der Waals surface area contributed by atoms with Gasteiger partial charge in [0.2, 0.25) is 0 Å². The Bertz CT molecular complexity index is 1030. The zero-order chi connectivity index (χ0) is 20.0. The molecule has 0 aromatic carbocycles. The molecule has 4 rings (SSSR count). The van der Waals surface area contributed by atoms with E-state index in [1.807, 2.05) is 44.7 Å². The monoisotopic (exact) mass is 382 g/mol. The molecule has 4 heterocycles. The van der Waals surface area contributed by atoms with Gasteiger partial charge in [0, 0.05) is 24.7 Å². The van der Waals surface area contributed by atoms with Crippen LogP contribution in [-0.2, 0) is 0 Å². The first-order valence-corrected chi connectivity index (χ1v) is 9.74. The van der Waals surface area contributed by atoms with Crippen LogP contribution in [0.5, 0.6) is 0 Å². The number of fused-ring (bicyclic) bond motifs is 1. The maximum Gasteiger partial charge on any atom is 0.259 e. The van der Waals surface area contributed by atoms with Gasteiger partial charge < -0.3 is 19.6 Å².